The molecule has 0 radical (unpaired) electrons. The fourth-order valence-corrected chi connectivity index (χ4v) is 2.98. The normalized spacial score (nSPS) is 23.9. The van der Waals surface area contributed by atoms with Crippen LogP contribution >= 0.6 is 0 Å². The number of carbonyl (C=O) groups is 1. The fourth-order valence-electron chi connectivity index (χ4n) is 2.98. The second-order valence-electron chi connectivity index (χ2n) is 5.97. The van der Waals surface area contributed by atoms with Crippen LogP contribution < -0.4 is 5.32 Å². The summed E-state index contributed by atoms with van der Waals surface area (Å²) in [5.41, 5.74) is 0. The number of urea groups is 1. The molecule has 1 aliphatic heterocycles. The number of amides is 2. The van der Waals surface area contributed by atoms with Gasteiger partial charge in [0, 0.05) is 20.2 Å². The number of piperidine rings is 1. The first-order chi connectivity index (χ1) is 10.3. The summed E-state index contributed by atoms with van der Waals surface area (Å²) in [6.45, 7) is 2.09. The average molecular weight is 293 g/mol. The summed E-state index contributed by atoms with van der Waals surface area (Å²) in [6, 6.07) is 0.400. The van der Waals surface area contributed by atoms with Crippen LogP contribution in [0.15, 0.2) is 12.7 Å². The van der Waals surface area contributed by atoms with Crippen molar-refractivity contribution in [3.05, 3.63) is 12.7 Å². The van der Waals surface area contributed by atoms with Crippen LogP contribution in [0.2, 0.25) is 0 Å². The molecule has 116 valence electrons. The molecule has 1 aromatic heterocycles. The van der Waals surface area contributed by atoms with E-state index < -0.39 is 0 Å². The van der Waals surface area contributed by atoms with Gasteiger partial charge in [-0.25, -0.2) is 14.5 Å². The second-order valence-corrected chi connectivity index (χ2v) is 5.97. The van der Waals surface area contributed by atoms with E-state index >= 15 is 0 Å². The number of nitrogens with one attached hydrogen (secondary N) is 1. The highest BCUT2D eigenvalue weighted by Gasteiger charge is 2.34. The fraction of sp³-hybridized carbons (Fsp3) is 0.786. The van der Waals surface area contributed by atoms with Crippen LogP contribution in [0.5, 0.6) is 0 Å². The Labute approximate surface area is 124 Å². The van der Waals surface area contributed by atoms with E-state index in [0.29, 0.717) is 19.1 Å². The molecule has 1 aliphatic carbocycles. The van der Waals surface area contributed by atoms with Crippen LogP contribution in [0.1, 0.15) is 31.7 Å². The minimum absolute atomic E-state index is 0.0220. The van der Waals surface area contributed by atoms with Crippen molar-refractivity contribution in [2.24, 2.45) is 5.92 Å². The molecule has 7 heteroatoms. The maximum Gasteiger partial charge on any atom is 0.317 e. The number of likely N-dealkylation sites (tertiary alicyclic amines) is 1. The van der Waals surface area contributed by atoms with Crippen LogP contribution in [0, 0.1) is 5.92 Å². The zero-order valence-corrected chi connectivity index (χ0v) is 12.4. The van der Waals surface area contributed by atoms with E-state index in [4.69, 9.17) is 4.74 Å². The Morgan fingerprint density at radius 3 is 3.00 bits per heavy atom. The molecule has 1 aromatic rings. The number of nitrogens with zero attached hydrogens (tertiary/aromatic N) is 4. The average Bonchev–Trinajstić information content (AvgIpc) is 3.21. The van der Waals surface area contributed by atoms with Gasteiger partial charge < -0.3 is 15.0 Å². The summed E-state index contributed by atoms with van der Waals surface area (Å²) in [5.74, 6) is 0.588. The minimum atomic E-state index is 0.0220. The SMILES string of the molecule is COC[C@H](NC(=O)N1CCC[C@@H](n2cncn2)C1)C1CC1. The van der Waals surface area contributed by atoms with E-state index in [2.05, 4.69) is 15.4 Å². The summed E-state index contributed by atoms with van der Waals surface area (Å²) >= 11 is 0. The minimum Gasteiger partial charge on any atom is -0.383 e. The Morgan fingerprint density at radius 2 is 2.33 bits per heavy atom. The van der Waals surface area contributed by atoms with Crippen molar-refractivity contribution >= 4 is 6.03 Å². The molecule has 0 aromatic carbocycles. The standard InChI is InChI=1S/C14H23N5O2/c1-21-8-13(11-4-5-11)17-14(20)18-6-2-3-12(7-18)19-10-15-9-16-19/h9-13H,2-8H2,1H3,(H,17,20)/t12-,13+/m1/s1. The van der Waals surface area contributed by atoms with E-state index in [1.165, 1.54) is 12.8 Å². The number of ether oxygens (including phenoxy) is 1. The van der Waals surface area contributed by atoms with Crippen molar-refractivity contribution < 1.29 is 9.53 Å². The molecule has 1 saturated heterocycles. The molecule has 2 atom stereocenters. The number of carbonyl (C=O) groups excluding carboxylic acids is 1. The lowest BCUT2D eigenvalue weighted by Crippen LogP contribution is -2.50. The Balaban J connectivity index is 1.56. The third kappa shape index (κ3) is 3.53. The second kappa shape index (κ2) is 6.43. The maximum atomic E-state index is 12.4. The Kier molecular flexibility index (Phi) is 4.38. The smallest absolute Gasteiger partial charge is 0.317 e. The van der Waals surface area contributed by atoms with E-state index in [0.717, 1.165) is 19.4 Å². The number of methoxy groups -OCH3 is 1. The molecule has 0 unspecified atom stereocenters. The van der Waals surface area contributed by atoms with Gasteiger partial charge in [0.25, 0.3) is 0 Å². The summed E-state index contributed by atoms with van der Waals surface area (Å²) in [7, 11) is 1.68. The maximum absolute atomic E-state index is 12.4. The lowest BCUT2D eigenvalue weighted by atomic mass is 10.1. The highest BCUT2D eigenvalue weighted by Crippen LogP contribution is 2.33. The van der Waals surface area contributed by atoms with E-state index in [-0.39, 0.29) is 18.1 Å². The molecule has 2 aliphatic rings. The van der Waals surface area contributed by atoms with Gasteiger partial charge in [0.1, 0.15) is 12.7 Å². The number of hydrogen-bond acceptors (Lipinski definition) is 4. The molecule has 0 bridgehead atoms. The number of rotatable bonds is 5. The zero-order chi connectivity index (χ0) is 14.7. The van der Waals surface area contributed by atoms with Crippen LogP contribution in [-0.2, 0) is 4.74 Å². The first-order valence-electron chi connectivity index (χ1n) is 7.66. The van der Waals surface area contributed by atoms with Crippen molar-refractivity contribution in [2.45, 2.75) is 37.8 Å². The van der Waals surface area contributed by atoms with Crippen molar-refractivity contribution in [2.75, 3.05) is 26.8 Å². The van der Waals surface area contributed by atoms with Crippen LogP contribution in [0.3, 0.4) is 0 Å². The molecule has 7 nitrogen and oxygen atoms in total. The third-order valence-electron chi connectivity index (χ3n) is 4.34. The van der Waals surface area contributed by atoms with Crippen molar-refractivity contribution in [1.82, 2.24) is 25.0 Å². The largest absolute Gasteiger partial charge is 0.383 e. The number of aromatic nitrogens is 3. The van der Waals surface area contributed by atoms with Gasteiger partial charge in [0.15, 0.2) is 0 Å². The first kappa shape index (κ1) is 14.3. The number of hydrogen-bond donors (Lipinski definition) is 1. The van der Waals surface area contributed by atoms with Gasteiger partial charge in [-0.15, -0.1) is 0 Å². The molecular formula is C14H23N5O2. The lowest BCUT2D eigenvalue weighted by Gasteiger charge is -2.33. The molecule has 3 rings (SSSR count). The molecule has 21 heavy (non-hydrogen) atoms. The van der Waals surface area contributed by atoms with E-state index in [1.807, 2.05) is 9.58 Å². The van der Waals surface area contributed by atoms with Crippen LogP contribution in [-0.4, -0.2) is 58.5 Å². The molecular weight excluding hydrogens is 270 g/mol. The molecule has 2 amide bonds. The molecule has 0 spiro atoms. The van der Waals surface area contributed by atoms with Gasteiger partial charge in [-0.1, -0.05) is 0 Å². The summed E-state index contributed by atoms with van der Waals surface area (Å²) < 4.78 is 7.07. The third-order valence-corrected chi connectivity index (χ3v) is 4.34. The van der Waals surface area contributed by atoms with Crippen molar-refractivity contribution in [3.63, 3.8) is 0 Å². The summed E-state index contributed by atoms with van der Waals surface area (Å²) in [6.07, 6.45) is 7.68. The van der Waals surface area contributed by atoms with Gasteiger partial charge >= 0.3 is 6.03 Å². The quantitative estimate of drug-likeness (QED) is 0.881. The van der Waals surface area contributed by atoms with Crippen LogP contribution in [0.25, 0.3) is 0 Å². The van der Waals surface area contributed by atoms with E-state index in [1.54, 1.807) is 19.8 Å². The Morgan fingerprint density at radius 1 is 1.48 bits per heavy atom. The predicted octanol–water partition coefficient (Wildman–Crippen LogP) is 1.05. The van der Waals surface area contributed by atoms with Gasteiger partial charge in [-0.05, 0) is 31.6 Å². The lowest BCUT2D eigenvalue weighted by molar-refractivity contribution is 0.135. The predicted molar refractivity (Wildman–Crippen MR) is 76.8 cm³/mol. The zero-order valence-electron chi connectivity index (χ0n) is 12.4. The topological polar surface area (TPSA) is 72.3 Å². The highest BCUT2D eigenvalue weighted by atomic mass is 16.5. The molecule has 1 saturated carbocycles. The Hall–Kier alpha value is -1.63. The first-order valence-corrected chi connectivity index (χ1v) is 7.66. The molecule has 2 heterocycles. The highest BCUT2D eigenvalue weighted by molar-refractivity contribution is 5.74. The van der Waals surface area contributed by atoms with Gasteiger partial charge in [-0.2, -0.15) is 5.10 Å². The van der Waals surface area contributed by atoms with Gasteiger partial charge in [0.2, 0.25) is 0 Å². The van der Waals surface area contributed by atoms with Crippen LogP contribution in [0.4, 0.5) is 4.79 Å². The van der Waals surface area contributed by atoms with Crippen molar-refractivity contribution in [1.29, 1.82) is 0 Å². The van der Waals surface area contributed by atoms with Crippen molar-refractivity contribution in [3.8, 4) is 0 Å². The Bertz CT molecular complexity index is 460. The van der Waals surface area contributed by atoms with E-state index in [9.17, 15) is 4.79 Å². The monoisotopic (exact) mass is 293 g/mol. The summed E-state index contributed by atoms with van der Waals surface area (Å²) in [5, 5.41) is 7.32. The van der Waals surface area contributed by atoms with Gasteiger partial charge in [0.05, 0.1) is 18.7 Å². The summed E-state index contributed by atoms with van der Waals surface area (Å²) in [4.78, 5) is 18.3. The van der Waals surface area contributed by atoms with Gasteiger partial charge in [-0.3, -0.25) is 0 Å². The molecule has 1 N–H and O–H groups in total. The molecule has 2 fully saturated rings.